The molecular weight excluding hydrogens is 407 g/mol. The number of aliphatic hydroxyl groups is 3. The Morgan fingerprint density at radius 1 is 1.07 bits per heavy atom. The van der Waals surface area contributed by atoms with Gasteiger partial charge >= 0.3 is 6.18 Å². The number of fused-ring (bicyclic) bond motifs is 1. The molecule has 0 radical (unpaired) electrons. The van der Waals surface area contributed by atoms with Gasteiger partial charge in [-0.1, -0.05) is 12.1 Å². The van der Waals surface area contributed by atoms with Gasteiger partial charge in [-0.15, -0.1) is 0 Å². The van der Waals surface area contributed by atoms with E-state index in [9.17, 15) is 28.5 Å². The highest BCUT2D eigenvalue weighted by molar-refractivity contribution is 5.82. The van der Waals surface area contributed by atoms with Crippen LogP contribution in [0.15, 0.2) is 36.9 Å². The molecule has 9 nitrogen and oxygen atoms in total. The summed E-state index contributed by atoms with van der Waals surface area (Å²) in [5.41, 5.74) is 0.544. The number of ether oxygens (including phenoxy) is 1. The van der Waals surface area contributed by atoms with Crippen molar-refractivity contribution in [1.82, 2.24) is 19.5 Å². The summed E-state index contributed by atoms with van der Waals surface area (Å²) in [5, 5.41) is 32.4. The minimum absolute atomic E-state index is 0.199. The van der Waals surface area contributed by atoms with Crippen LogP contribution in [0.5, 0.6) is 0 Å². The Bertz CT molecular complexity index is 1030. The number of benzene rings is 1. The summed E-state index contributed by atoms with van der Waals surface area (Å²) < 4.78 is 44.9. The lowest BCUT2D eigenvalue weighted by Gasteiger charge is -2.16. The molecule has 1 saturated heterocycles. The molecule has 0 bridgehead atoms. The maximum absolute atomic E-state index is 12.7. The molecule has 4 N–H and O–H groups in total. The number of imidazole rings is 1. The third kappa shape index (κ3) is 3.69. The van der Waals surface area contributed by atoms with E-state index in [0.29, 0.717) is 22.5 Å². The van der Waals surface area contributed by atoms with Crippen molar-refractivity contribution in [2.45, 2.75) is 37.3 Å². The number of halogens is 3. The van der Waals surface area contributed by atoms with Gasteiger partial charge in [0.15, 0.2) is 23.2 Å². The lowest BCUT2D eigenvalue weighted by molar-refractivity contribution is -0.137. The summed E-state index contributed by atoms with van der Waals surface area (Å²) in [7, 11) is 0. The van der Waals surface area contributed by atoms with Crippen LogP contribution in [0, 0.1) is 0 Å². The Hall–Kier alpha value is -2.80. The van der Waals surface area contributed by atoms with Crippen LogP contribution in [0.4, 0.5) is 19.0 Å². The Morgan fingerprint density at radius 2 is 1.80 bits per heavy atom. The summed E-state index contributed by atoms with van der Waals surface area (Å²) in [4.78, 5) is 12.5. The highest BCUT2D eigenvalue weighted by atomic mass is 19.4. The summed E-state index contributed by atoms with van der Waals surface area (Å²) in [6.45, 7) is -0.263. The molecule has 0 amide bonds. The Labute approximate surface area is 167 Å². The van der Waals surface area contributed by atoms with E-state index in [1.807, 2.05) is 0 Å². The van der Waals surface area contributed by atoms with Crippen molar-refractivity contribution in [2.24, 2.45) is 0 Å². The first-order chi connectivity index (χ1) is 14.3. The molecule has 160 valence electrons. The quantitative estimate of drug-likeness (QED) is 0.478. The van der Waals surface area contributed by atoms with Crippen LogP contribution < -0.4 is 5.32 Å². The Morgan fingerprint density at radius 3 is 2.43 bits per heavy atom. The molecule has 0 saturated carbocycles. The standard InChI is InChI=1S/C18H18F3N5O4/c19-18(20,21)10-3-1-9(2-4-10)5-22-15-12-16(24-7-23-15)26(8-25-12)17-14(29)13(28)11(6-27)30-17/h1-4,7-8,11,13-14,17,27-29H,5-6H2,(H,22,23,24)/t11-,13?,14+,17-/m1/s1. The van der Waals surface area contributed by atoms with Gasteiger partial charge in [-0.05, 0) is 17.7 Å². The first-order valence-electron chi connectivity index (χ1n) is 8.99. The monoisotopic (exact) mass is 425 g/mol. The van der Waals surface area contributed by atoms with E-state index < -0.39 is 42.9 Å². The highest BCUT2D eigenvalue weighted by Gasteiger charge is 2.44. The van der Waals surface area contributed by atoms with Crippen molar-refractivity contribution < 1.29 is 33.2 Å². The number of rotatable bonds is 5. The second-order valence-corrected chi connectivity index (χ2v) is 6.82. The highest BCUT2D eigenvalue weighted by Crippen LogP contribution is 2.32. The second-order valence-electron chi connectivity index (χ2n) is 6.82. The molecule has 2 aromatic heterocycles. The topological polar surface area (TPSA) is 126 Å². The molecule has 1 aliphatic rings. The molecule has 4 atom stereocenters. The molecule has 1 fully saturated rings. The van der Waals surface area contributed by atoms with Gasteiger partial charge < -0.3 is 25.4 Å². The molecule has 1 aliphatic heterocycles. The van der Waals surface area contributed by atoms with Crippen molar-refractivity contribution in [3.05, 3.63) is 48.0 Å². The zero-order valence-electron chi connectivity index (χ0n) is 15.4. The molecule has 1 aromatic carbocycles. The van der Waals surface area contributed by atoms with E-state index in [1.165, 1.54) is 29.4 Å². The van der Waals surface area contributed by atoms with Crippen molar-refractivity contribution in [3.8, 4) is 0 Å². The van der Waals surface area contributed by atoms with E-state index in [1.54, 1.807) is 0 Å². The van der Waals surface area contributed by atoms with Gasteiger partial charge in [0.05, 0.1) is 18.5 Å². The molecule has 30 heavy (non-hydrogen) atoms. The lowest BCUT2D eigenvalue weighted by atomic mass is 10.1. The van der Waals surface area contributed by atoms with E-state index in [0.717, 1.165) is 12.1 Å². The van der Waals surface area contributed by atoms with Crippen LogP contribution >= 0.6 is 0 Å². The van der Waals surface area contributed by atoms with E-state index in [4.69, 9.17) is 4.74 Å². The van der Waals surface area contributed by atoms with Crippen LogP contribution in [0.3, 0.4) is 0 Å². The van der Waals surface area contributed by atoms with Crippen molar-refractivity contribution >= 4 is 17.0 Å². The molecule has 0 aliphatic carbocycles. The van der Waals surface area contributed by atoms with Gasteiger partial charge in [0.25, 0.3) is 0 Å². The van der Waals surface area contributed by atoms with Crippen LogP contribution in [-0.2, 0) is 17.5 Å². The Kier molecular flexibility index (Phi) is 5.32. The maximum Gasteiger partial charge on any atom is 0.416 e. The number of hydrogen-bond acceptors (Lipinski definition) is 8. The Balaban J connectivity index is 1.54. The third-order valence-corrected chi connectivity index (χ3v) is 4.89. The van der Waals surface area contributed by atoms with Crippen LogP contribution in [0.25, 0.3) is 11.2 Å². The van der Waals surface area contributed by atoms with E-state index in [2.05, 4.69) is 20.3 Å². The number of anilines is 1. The van der Waals surface area contributed by atoms with Crippen LogP contribution in [-0.4, -0.2) is 59.8 Å². The van der Waals surface area contributed by atoms with Gasteiger partial charge in [0.2, 0.25) is 0 Å². The van der Waals surface area contributed by atoms with Gasteiger partial charge in [0.1, 0.15) is 24.6 Å². The largest absolute Gasteiger partial charge is 0.416 e. The van der Waals surface area contributed by atoms with Gasteiger partial charge in [-0.3, -0.25) is 4.57 Å². The summed E-state index contributed by atoms with van der Waals surface area (Å²) in [6, 6.07) is 4.74. The molecule has 4 rings (SSSR count). The zero-order valence-corrected chi connectivity index (χ0v) is 15.4. The molecule has 0 spiro atoms. The lowest BCUT2D eigenvalue weighted by Crippen LogP contribution is -2.33. The average molecular weight is 425 g/mol. The molecule has 3 heterocycles. The molecule has 3 aromatic rings. The molecule has 12 heteroatoms. The van der Waals surface area contributed by atoms with Gasteiger partial charge in [-0.25, -0.2) is 15.0 Å². The fraction of sp³-hybridized carbons (Fsp3) is 0.389. The third-order valence-electron chi connectivity index (χ3n) is 4.89. The van der Waals surface area contributed by atoms with E-state index >= 15 is 0 Å². The minimum Gasteiger partial charge on any atom is -0.394 e. The summed E-state index contributed by atoms with van der Waals surface area (Å²) in [5.74, 6) is 0.338. The number of aromatic nitrogens is 4. The number of hydrogen-bond donors (Lipinski definition) is 4. The first kappa shape index (κ1) is 20.5. The fourth-order valence-corrected chi connectivity index (χ4v) is 3.27. The minimum atomic E-state index is -4.40. The number of aliphatic hydroxyl groups excluding tert-OH is 3. The predicted molar refractivity (Wildman–Crippen MR) is 97.1 cm³/mol. The van der Waals surface area contributed by atoms with Crippen LogP contribution in [0.2, 0.25) is 0 Å². The van der Waals surface area contributed by atoms with E-state index in [-0.39, 0.29) is 6.54 Å². The van der Waals surface area contributed by atoms with Crippen molar-refractivity contribution in [2.75, 3.05) is 11.9 Å². The average Bonchev–Trinajstić information content (AvgIpc) is 3.27. The van der Waals surface area contributed by atoms with Gasteiger partial charge in [0, 0.05) is 6.54 Å². The molecule has 1 unspecified atom stereocenters. The van der Waals surface area contributed by atoms with Crippen LogP contribution in [0.1, 0.15) is 17.4 Å². The summed E-state index contributed by atoms with van der Waals surface area (Å²) >= 11 is 0. The zero-order chi connectivity index (χ0) is 21.5. The fourth-order valence-electron chi connectivity index (χ4n) is 3.27. The summed E-state index contributed by atoms with van der Waals surface area (Å²) in [6.07, 6.45) is -6.27. The van der Waals surface area contributed by atoms with Gasteiger partial charge in [-0.2, -0.15) is 13.2 Å². The maximum atomic E-state index is 12.7. The first-order valence-corrected chi connectivity index (χ1v) is 8.99. The normalized spacial score (nSPS) is 24.5. The number of alkyl halides is 3. The number of nitrogens with one attached hydrogen (secondary N) is 1. The molecular formula is C18H18F3N5O4. The number of nitrogens with zero attached hydrogens (tertiary/aromatic N) is 4. The van der Waals surface area contributed by atoms with Crippen molar-refractivity contribution in [1.29, 1.82) is 0 Å². The SMILES string of the molecule is OC[C@H]1O[C@@H](n2cnc3c(NCc4ccc(C(F)(F)F)cc4)ncnc32)[C@@H](O)C1O. The smallest absolute Gasteiger partial charge is 0.394 e. The van der Waals surface area contributed by atoms with Crippen molar-refractivity contribution in [3.63, 3.8) is 0 Å². The predicted octanol–water partition coefficient (Wildman–Crippen LogP) is 1.07. The second kappa shape index (κ2) is 7.80.